The largest absolute Gasteiger partial charge is 0.378 e. The van der Waals surface area contributed by atoms with Gasteiger partial charge in [0.25, 0.3) is 0 Å². The highest BCUT2D eigenvalue weighted by Gasteiger charge is 2.34. The van der Waals surface area contributed by atoms with Gasteiger partial charge in [-0.1, -0.05) is 13.8 Å². The third kappa shape index (κ3) is 4.17. The number of carbonyl (C=O) groups excluding carboxylic acids is 1. The molecule has 37 heavy (non-hydrogen) atoms. The fraction of sp³-hybridized carbons (Fsp3) is 0.536. The molecule has 0 aliphatic carbocycles. The summed E-state index contributed by atoms with van der Waals surface area (Å²) in [5.41, 5.74) is 7.12. The van der Waals surface area contributed by atoms with Crippen LogP contribution in [0.5, 0.6) is 0 Å². The summed E-state index contributed by atoms with van der Waals surface area (Å²) in [6, 6.07) is 2.07. The number of hydrogen-bond donors (Lipinski definition) is 1. The van der Waals surface area contributed by atoms with E-state index in [1.54, 1.807) is 6.33 Å². The molecule has 196 valence electrons. The van der Waals surface area contributed by atoms with Crippen molar-refractivity contribution in [1.29, 1.82) is 0 Å². The fourth-order valence-electron chi connectivity index (χ4n) is 6.19. The summed E-state index contributed by atoms with van der Waals surface area (Å²) in [5, 5.41) is 5.76. The zero-order chi connectivity index (χ0) is 25.8. The Morgan fingerprint density at radius 2 is 2.00 bits per heavy atom. The molecule has 0 saturated carbocycles. The number of carbonyl (C=O) groups is 1. The topological polar surface area (TPSA) is 78.8 Å². The fourth-order valence-corrected chi connectivity index (χ4v) is 7.59. The minimum absolute atomic E-state index is 0.140. The number of fused-ring (bicyclic) bond motifs is 2. The lowest BCUT2D eigenvalue weighted by atomic mass is 9.90. The number of nitrogens with one attached hydrogen (secondary N) is 1. The number of aryl methyl sites for hydroxylation is 2. The van der Waals surface area contributed by atoms with E-state index in [2.05, 4.69) is 64.8 Å². The molecule has 0 unspecified atom stereocenters. The van der Waals surface area contributed by atoms with Crippen LogP contribution in [-0.2, 0) is 9.53 Å². The van der Waals surface area contributed by atoms with Crippen LogP contribution in [0, 0.1) is 13.8 Å². The summed E-state index contributed by atoms with van der Waals surface area (Å²) < 4.78 is 7.46. The van der Waals surface area contributed by atoms with E-state index in [1.165, 1.54) is 31.9 Å². The van der Waals surface area contributed by atoms with E-state index in [-0.39, 0.29) is 11.9 Å². The van der Waals surface area contributed by atoms with Crippen LogP contribution in [0.15, 0.2) is 18.6 Å². The Hall–Kier alpha value is -2.75. The molecule has 0 bridgehead atoms. The standard InChI is InChI=1S/C28H36N6O2S/c1-16(2)22-23-18(4)25(19-6-8-33(9-7-19)28(35)21-14-36-11-10-32(21)5)37-27(23)31-24(22)20-12-17(3)26-29-15-30-34(26)13-20/h12-13,15-16,19,21,31H,6-11,14H2,1-5H3/t21-/m1/s1. The molecule has 6 heterocycles. The molecule has 6 rings (SSSR count). The van der Waals surface area contributed by atoms with Crippen LogP contribution in [0.2, 0.25) is 0 Å². The second-order valence-electron chi connectivity index (χ2n) is 11.0. The summed E-state index contributed by atoms with van der Waals surface area (Å²) in [4.78, 5) is 28.2. The van der Waals surface area contributed by atoms with Gasteiger partial charge in [0, 0.05) is 41.7 Å². The first-order chi connectivity index (χ1) is 17.8. The zero-order valence-corrected chi connectivity index (χ0v) is 23.2. The maximum atomic E-state index is 13.1. The van der Waals surface area contributed by atoms with Crippen LogP contribution in [0.3, 0.4) is 0 Å². The smallest absolute Gasteiger partial charge is 0.242 e. The second kappa shape index (κ2) is 9.53. The number of amides is 1. The maximum Gasteiger partial charge on any atom is 0.242 e. The number of likely N-dealkylation sites (tertiary alicyclic amines) is 1. The van der Waals surface area contributed by atoms with Gasteiger partial charge in [-0.3, -0.25) is 9.69 Å². The summed E-state index contributed by atoms with van der Waals surface area (Å²) in [6.45, 7) is 12.6. The normalized spacial score (nSPS) is 20.1. The van der Waals surface area contributed by atoms with Crippen LogP contribution in [-0.4, -0.2) is 81.2 Å². The number of thiophene rings is 1. The Labute approximate surface area is 221 Å². The first-order valence-corrected chi connectivity index (χ1v) is 14.2. The van der Waals surface area contributed by atoms with E-state index in [0.29, 0.717) is 25.0 Å². The molecule has 0 aromatic carbocycles. The molecule has 1 N–H and O–H groups in total. The summed E-state index contributed by atoms with van der Waals surface area (Å²) >= 11 is 1.90. The van der Waals surface area contributed by atoms with Gasteiger partial charge in [-0.2, -0.15) is 5.10 Å². The van der Waals surface area contributed by atoms with Crippen molar-refractivity contribution in [2.75, 3.05) is 39.9 Å². The maximum absolute atomic E-state index is 13.1. The van der Waals surface area contributed by atoms with Gasteiger partial charge in [-0.25, -0.2) is 9.50 Å². The lowest BCUT2D eigenvalue weighted by Crippen LogP contribution is -2.54. The van der Waals surface area contributed by atoms with E-state index in [9.17, 15) is 4.79 Å². The number of morpholine rings is 1. The molecule has 2 aliphatic heterocycles. The number of nitrogens with zero attached hydrogens (tertiary/aromatic N) is 5. The average Bonchev–Trinajstić information content (AvgIpc) is 3.59. The molecular formula is C28H36N6O2S. The lowest BCUT2D eigenvalue weighted by molar-refractivity contribution is -0.143. The molecule has 2 saturated heterocycles. The summed E-state index contributed by atoms with van der Waals surface area (Å²) in [7, 11) is 2.03. The van der Waals surface area contributed by atoms with E-state index < -0.39 is 0 Å². The second-order valence-corrected chi connectivity index (χ2v) is 12.0. The third-order valence-electron chi connectivity index (χ3n) is 8.24. The van der Waals surface area contributed by atoms with Crippen molar-refractivity contribution >= 4 is 33.1 Å². The molecule has 8 nitrogen and oxygen atoms in total. The van der Waals surface area contributed by atoms with Gasteiger partial charge < -0.3 is 14.6 Å². The number of hydrogen-bond acceptors (Lipinski definition) is 6. The number of rotatable bonds is 4. The first kappa shape index (κ1) is 24.6. The molecule has 0 radical (unpaired) electrons. The molecule has 2 aliphatic rings. The Morgan fingerprint density at radius 1 is 1.22 bits per heavy atom. The van der Waals surface area contributed by atoms with Gasteiger partial charge in [0.15, 0.2) is 5.65 Å². The summed E-state index contributed by atoms with van der Waals surface area (Å²) in [6.07, 6.45) is 5.71. The van der Waals surface area contributed by atoms with Gasteiger partial charge >= 0.3 is 0 Å². The molecule has 1 amide bonds. The van der Waals surface area contributed by atoms with Crippen LogP contribution in [0.25, 0.3) is 27.1 Å². The monoisotopic (exact) mass is 520 g/mol. The molecule has 9 heteroatoms. The van der Waals surface area contributed by atoms with Crippen molar-refractivity contribution in [3.63, 3.8) is 0 Å². The average molecular weight is 521 g/mol. The van der Waals surface area contributed by atoms with Gasteiger partial charge in [-0.05, 0) is 68.3 Å². The van der Waals surface area contributed by atoms with Crippen LogP contribution in [0.1, 0.15) is 60.1 Å². The van der Waals surface area contributed by atoms with Gasteiger partial charge in [0.2, 0.25) is 5.91 Å². The molecular weight excluding hydrogens is 484 g/mol. The number of ether oxygens (including phenoxy) is 1. The van der Waals surface area contributed by atoms with Crippen LogP contribution < -0.4 is 0 Å². The van der Waals surface area contributed by atoms with Crippen LogP contribution >= 0.6 is 11.3 Å². The number of likely N-dealkylation sites (N-methyl/N-ethyl adjacent to an activating group) is 1. The van der Waals surface area contributed by atoms with Crippen molar-refractivity contribution in [1.82, 2.24) is 29.4 Å². The number of aromatic nitrogens is 4. The minimum atomic E-state index is -0.140. The Balaban J connectivity index is 1.27. The number of H-pyrrole nitrogens is 1. The van der Waals surface area contributed by atoms with Gasteiger partial charge in [0.05, 0.1) is 18.9 Å². The van der Waals surface area contributed by atoms with E-state index in [0.717, 1.165) is 49.2 Å². The highest BCUT2D eigenvalue weighted by atomic mass is 32.1. The lowest BCUT2D eigenvalue weighted by Gasteiger charge is -2.38. The van der Waals surface area contributed by atoms with E-state index >= 15 is 0 Å². The number of pyridine rings is 1. The quantitative estimate of drug-likeness (QED) is 0.421. The van der Waals surface area contributed by atoms with Crippen molar-refractivity contribution in [3.8, 4) is 11.3 Å². The van der Waals surface area contributed by atoms with Crippen molar-refractivity contribution < 1.29 is 9.53 Å². The van der Waals surface area contributed by atoms with E-state index in [4.69, 9.17) is 4.74 Å². The molecule has 0 spiro atoms. The van der Waals surface area contributed by atoms with E-state index in [1.807, 2.05) is 22.9 Å². The Kier molecular flexibility index (Phi) is 6.33. The third-order valence-corrected chi connectivity index (χ3v) is 9.61. The van der Waals surface area contributed by atoms with Crippen molar-refractivity contribution in [2.45, 2.75) is 58.4 Å². The van der Waals surface area contributed by atoms with Crippen molar-refractivity contribution in [3.05, 3.63) is 40.2 Å². The Bertz CT molecular complexity index is 1460. The van der Waals surface area contributed by atoms with Gasteiger partial charge in [0.1, 0.15) is 17.2 Å². The minimum Gasteiger partial charge on any atom is -0.378 e. The molecule has 1 atom stereocenters. The van der Waals surface area contributed by atoms with Crippen molar-refractivity contribution in [2.24, 2.45) is 0 Å². The molecule has 4 aromatic rings. The predicted molar refractivity (Wildman–Crippen MR) is 148 cm³/mol. The predicted octanol–water partition coefficient (Wildman–Crippen LogP) is 4.72. The SMILES string of the molecule is Cc1c(C2CCN(C(=O)[C@H]3COCCN3C)CC2)sc2[nH]c(-c3cc(C)c4ncnn4c3)c(C(C)C)c12. The number of piperidine rings is 1. The zero-order valence-electron chi connectivity index (χ0n) is 22.4. The highest BCUT2D eigenvalue weighted by molar-refractivity contribution is 7.19. The highest BCUT2D eigenvalue weighted by Crippen LogP contribution is 2.46. The van der Waals surface area contributed by atoms with Gasteiger partial charge in [-0.15, -0.1) is 11.3 Å². The molecule has 4 aromatic heterocycles. The molecule has 2 fully saturated rings. The van der Waals surface area contributed by atoms with Crippen LogP contribution in [0.4, 0.5) is 0 Å². The summed E-state index contributed by atoms with van der Waals surface area (Å²) in [5.74, 6) is 1.10. The first-order valence-electron chi connectivity index (χ1n) is 13.4. The number of aromatic amines is 1. The Morgan fingerprint density at radius 3 is 2.73 bits per heavy atom.